The second-order valence-electron chi connectivity index (χ2n) is 5.42. The van der Waals surface area contributed by atoms with E-state index in [4.69, 9.17) is 4.74 Å². The molecule has 130 valence electrons. The Bertz CT molecular complexity index is 813. The summed E-state index contributed by atoms with van der Waals surface area (Å²) in [6.45, 7) is 3.34. The fourth-order valence-corrected chi connectivity index (χ4v) is 2.55. The molecular formula is C19H17BrFNO3. The standard InChI is InChI=1S/C19H17BrFNO3/c1-12-4-3-5-13(2)19(12)22-17(23)11-25-18(24)9-6-14-10-15(20)7-8-16(14)21/h3-10H,11H2,1-2H3,(H,22,23)/b9-6+. The van der Waals surface area contributed by atoms with E-state index in [1.807, 2.05) is 32.0 Å². The average molecular weight is 406 g/mol. The Kier molecular flexibility index (Phi) is 6.47. The van der Waals surface area contributed by atoms with Gasteiger partial charge in [0.15, 0.2) is 6.61 Å². The van der Waals surface area contributed by atoms with Crippen LogP contribution in [0.1, 0.15) is 16.7 Å². The number of aryl methyl sites for hydroxylation is 2. The minimum Gasteiger partial charge on any atom is -0.452 e. The summed E-state index contributed by atoms with van der Waals surface area (Å²) in [5, 5.41) is 2.72. The molecular weight excluding hydrogens is 389 g/mol. The van der Waals surface area contributed by atoms with Gasteiger partial charge in [-0.3, -0.25) is 4.79 Å². The number of carbonyl (C=O) groups is 2. The Balaban J connectivity index is 1.90. The van der Waals surface area contributed by atoms with Gasteiger partial charge in [0.25, 0.3) is 5.91 Å². The van der Waals surface area contributed by atoms with E-state index in [9.17, 15) is 14.0 Å². The maximum Gasteiger partial charge on any atom is 0.331 e. The van der Waals surface area contributed by atoms with Crippen LogP contribution in [0.5, 0.6) is 0 Å². The van der Waals surface area contributed by atoms with E-state index < -0.39 is 24.3 Å². The van der Waals surface area contributed by atoms with E-state index in [1.165, 1.54) is 18.2 Å². The third-order valence-corrected chi connectivity index (χ3v) is 3.94. The minimum atomic E-state index is -0.726. The van der Waals surface area contributed by atoms with Gasteiger partial charge in [-0.05, 0) is 49.2 Å². The summed E-state index contributed by atoms with van der Waals surface area (Å²) in [4.78, 5) is 23.6. The van der Waals surface area contributed by atoms with E-state index in [-0.39, 0.29) is 5.56 Å². The Hall–Kier alpha value is -2.47. The molecule has 0 spiro atoms. The van der Waals surface area contributed by atoms with Crippen LogP contribution in [-0.2, 0) is 14.3 Å². The number of anilines is 1. The third kappa shape index (κ3) is 5.53. The van der Waals surface area contributed by atoms with Gasteiger partial charge >= 0.3 is 5.97 Å². The first kappa shape index (κ1) is 18.9. The first-order valence-electron chi connectivity index (χ1n) is 7.53. The molecule has 0 unspecified atom stereocenters. The van der Waals surface area contributed by atoms with Crippen LogP contribution in [0.3, 0.4) is 0 Å². The molecule has 1 N–H and O–H groups in total. The minimum absolute atomic E-state index is 0.242. The van der Waals surface area contributed by atoms with E-state index in [2.05, 4.69) is 21.2 Å². The second kappa shape index (κ2) is 8.58. The number of nitrogens with one attached hydrogen (secondary N) is 1. The first-order valence-corrected chi connectivity index (χ1v) is 8.32. The van der Waals surface area contributed by atoms with Crippen LogP contribution in [-0.4, -0.2) is 18.5 Å². The van der Waals surface area contributed by atoms with Gasteiger partial charge in [0.2, 0.25) is 0 Å². The van der Waals surface area contributed by atoms with Gasteiger partial charge < -0.3 is 10.1 Å². The van der Waals surface area contributed by atoms with Crippen molar-refractivity contribution in [2.75, 3.05) is 11.9 Å². The van der Waals surface area contributed by atoms with Gasteiger partial charge in [-0.1, -0.05) is 34.1 Å². The Morgan fingerprint density at radius 3 is 2.56 bits per heavy atom. The van der Waals surface area contributed by atoms with E-state index in [1.54, 1.807) is 6.07 Å². The lowest BCUT2D eigenvalue weighted by molar-refractivity contribution is -0.142. The first-order chi connectivity index (χ1) is 11.9. The van der Waals surface area contributed by atoms with Crippen LogP contribution in [0.2, 0.25) is 0 Å². The number of amides is 1. The molecule has 0 atom stereocenters. The van der Waals surface area contributed by atoms with Gasteiger partial charge in [-0.25, -0.2) is 9.18 Å². The van der Waals surface area contributed by atoms with Gasteiger partial charge in [-0.2, -0.15) is 0 Å². The SMILES string of the molecule is Cc1cccc(C)c1NC(=O)COC(=O)/C=C/c1cc(Br)ccc1F. The van der Waals surface area contributed by atoms with E-state index in [0.717, 1.165) is 17.2 Å². The van der Waals surface area contributed by atoms with Gasteiger partial charge in [0.05, 0.1) is 0 Å². The van der Waals surface area contributed by atoms with Gasteiger partial charge in [0.1, 0.15) is 5.82 Å². The maximum atomic E-state index is 13.6. The quantitative estimate of drug-likeness (QED) is 0.592. The lowest BCUT2D eigenvalue weighted by Crippen LogP contribution is -2.21. The molecule has 0 aromatic heterocycles. The number of rotatable bonds is 5. The molecule has 0 saturated heterocycles. The smallest absolute Gasteiger partial charge is 0.331 e. The van der Waals surface area contributed by atoms with Gasteiger partial charge in [0, 0.05) is 21.8 Å². The number of hydrogen-bond acceptors (Lipinski definition) is 3. The van der Waals surface area contributed by atoms with Crippen molar-refractivity contribution >= 4 is 39.6 Å². The number of benzene rings is 2. The molecule has 0 aliphatic rings. The van der Waals surface area contributed by atoms with Gasteiger partial charge in [-0.15, -0.1) is 0 Å². The third-order valence-electron chi connectivity index (χ3n) is 3.45. The van der Waals surface area contributed by atoms with Crippen LogP contribution in [0.25, 0.3) is 6.08 Å². The molecule has 2 aromatic carbocycles. The van der Waals surface area contributed by atoms with Crippen molar-refractivity contribution in [3.05, 3.63) is 69.5 Å². The zero-order valence-corrected chi connectivity index (χ0v) is 15.4. The van der Waals surface area contributed by atoms with Crippen molar-refractivity contribution in [3.8, 4) is 0 Å². The Morgan fingerprint density at radius 2 is 1.88 bits per heavy atom. The maximum absolute atomic E-state index is 13.6. The van der Waals surface area contributed by atoms with Crippen LogP contribution < -0.4 is 5.32 Å². The molecule has 0 radical (unpaired) electrons. The van der Waals surface area contributed by atoms with Crippen molar-refractivity contribution in [2.45, 2.75) is 13.8 Å². The number of ether oxygens (including phenoxy) is 1. The molecule has 2 aromatic rings. The highest BCUT2D eigenvalue weighted by Crippen LogP contribution is 2.19. The second-order valence-corrected chi connectivity index (χ2v) is 6.34. The molecule has 4 nitrogen and oxygen atoms in total. The highest BCUT2D eigenvalue weighted by molar-refractivity contribution is 9.10. The molecule has 1 amide bonds. The monoisotopic (exact) mass is 405 g/mol. The molecule has 2 rings (SSSR count). The summed E-state index contributed by atoms with van der Waals surface area (Å²) >= 11 is 3.23. The fraction of sp³-hybridized carbons (Fsp3) is 0.158. The van der Waals surface area contributed by atoms with Crippen LogP contribution >= 0.6 is 15.9 Å². The Morgan fingerprint density at radius 1 is 1.20 bits per heavy atom. The number of hydrogen-bond donors (Lipinski definition) is 1. The van der Waals surface area contributed by atoms with E-state index >= 15 is 0 Å². The summed E-state index contributed by atoms with van der Waals surface area (Å²) in [5.41, 5.74) is 2.79. The molecule has 0 heterocycles. The molecule has 0 fully saturated rings. The molecule has 25 heavy (non-hydrogen) atoms. The summed E-state index contributed by atoms with van der Waals surface area (Å²) in [6.07, 6.45) is 2.38. The summed E-state index contributed by atoms with van der Waals surface area (Å²) in [6, 6.07) is 10.0. The zero-order chi connectivity index (χ0) is 18.4. The van der Waals surface area contributed by atoms with Crippen LogP contribution in [0.4, 0.5) is 10.1 Å². The fourth-order valence-electron chi connectivity index (χ4n) is 2.17. The lowest BCUT2D eigenvalue weighted by Gasteiger charge is -2.11. The number of para-hydroxylation sites is 1. The van der Waals surface area contributed by atoms with Crippen LogP contribution in [0, 0.1) is 19.7 Å². The molecule has 0 bridgehead atoms. The molecule has 0 saturated carbocycles. The molecule has 0 aliphatic carbocycles. The number of esters is 1. The predicted octanol–water partition coefficient (Wildman–Crippen LogP) is 4.40. The highest BCUT2D eigenvalue weighted by atomic mass is 79.9. The Labute approximate surface area is 153 Å². The summed E-state index contributed by atoms with van der Waals surface area (Å²) in [5.74, 6) is -1.62. The largest absolute Gasteiger partial charge is 0.452 e. The van der Waals surface area contributed by atoms with Crippen molar-refractivity contribution < 1.29 is 18.7 Å². The van der Waals surface area contributed by atoms with Crippen molar-refractivity contribution in [2.24, 2.45) is 0 Å². The normalized spacial score (nSPS) is 10.7. The molecule has 0 aliphatic heterocycles. The zero-order valence-electron chi connectivity index (χ0n) is 13.8. The van der Waals surface area contributed by atoms with Crippen LogP contribution in [0.15, 0.2) is 46.9 Å². The average Bonchev–Trinajstić information content (AvgIpc) is 2.57. The van der Waals surface area contributed by atoms with Crippen molar-refractivity contribution in [1.82, 2.24) is 0 Å². The number of halogens is 2. The predicted molar refractivity (Wildman–Crippen MR) is 98.6 cm³/mol. The molecule has 6 heteroatoms. The van der Waals surface area contributed by atoms with E-state index in [0.29, 0.717) is 10.2 Å². The topological polar surface area (TPSA) is 55.4 Å². The van der Waals surface area contributed by atoms with Crippen molar-refractivity contribution in [1.29, 1.82) is 0 Å². The summed E-state index contributed by atoms with van der Waals surface area (Å²) < 4.78 is 19.1. The lowest BCUT2D eigenvalue weighted by atomic mass is 10.1. The summed E-state index contributed by atoms with van der Waals surface area (Å²) in [7, 11) is 0. The highest BCUT2D eigenvalue weighted by Gasteiger charge is 2.09. The van der Waals surface area contributed by atoms with Crippen molar-refractivity contribution in [3.63, 3.8) is 0 Å². The number of carbonyl (C=O) groups excluding carboxylic acids is 2.